The molecule has 2 rings (SSSR count). The molecule has 0 saturated carbocycles. The number of carbonyl (C=O) groups is 1. The van der Waals surface area contributed by atoms with E-state index in [2.05, 4.69) is 15.6 Å². The highest BCUT2D eigenvalue weighted by atomic mass is 28.1. The van der Waals surface area contributed by atoms with E-state index in [1.807, 2.05) is 45.9 Å². The molecule has 25 heavy (non-hydrogen) atoms. The van der Waals surface area contributed by atoms with Crippen LogP contribution in [0.2, 0.25) is 0 Å². The fraction of sp³-hybridized carbons (Fsp3) is 0.611. The van der Waals surface area contributed by atoms with Crippen LogP contribution in [0.4, 0.5) is 4.79 Å². The molecule has 1 unspecified atom stereocenters. The molecule has 137 valence electrons. The number of nitrogens with one attached hydrogen (secondary N) is 1. The van der Waals surface area contributed by atoms with Crippen molar-refractivity contribution in [1.82, 2.24) is 5.32 Å². The van der Waals surface area contributed by atoms with Crippen LogP contribution < -0.4 is 10.1 Å². The SMILES string of the molecule is Cc1ccc2c(c1)OC[C@H](OC[C@@](C)(O)[Si])C2NC(=O)OC(C)(C)C. The molecular formula is C18H26NO5Si. The molecule has 1 amide bonds. The number of fused-ring (bicyclic) bond motifs is 1. The Morgan fingerprint density at radius 1 is 1.40 bits per heavy atom. The van der Waals surface area contributed by atoms with Crippen LogP contribution in [0.15, 0.2) is 18.2 Å². The first-order chi connectivity index (χ1) is 11.4. The molecule has 0 bridgehead atoms. The molecule has 0 aromatic heterocycles. The second-order valence-corrected chi connectivity index (χ2v) is 8.68. The zero-order valence-corrected chi connectivity index (χ0v) is 16.4. The largest absolute Gasteiger partial charge is 0.490 e. The topological polar surface area (TPSA) is 77.0 Å². The number of aryl methyl sites for hydroxylation is 1. The number of benzene rings is 1. The van der Waals surface area contributed by atoms with Crippen molar-refractivity contribution in [3.63, 3.8) is 0 Å². The monoisotopic (exact) mass is 364 g/mol. The first-order valence-corrected chi connectivity index (χ1v) is 8.76. The molecule has 3 radical (unpaired) electrons. The van der Waals surface area contributed by atoms with Crippen LogP contribution in [0.25, 0.3) is 0 Å². The van der Waals surface area contributed by atoms with Gasteiger partial charge >= 0.3 is 6.09 Å². The van der Waals surface area contributed by atoms with Crippen molar-refractivity contribution in [2.45, 2.75) is 57.6 Å². The second kappa shape index (κ2) is 7.35. The summed E-state index contributed by atoms with van der Waals surface area (Å²) in [5.41, 5.74) is 1.29. The summed E-state index contributed by atoms with van der Waals surface area (Å²) in [6.45, 7) is 9.30. The molecule has 0 aliphatic carbocycles. The summed E-state index contributed by atoms with van der Waals surface area (Å²) >= 11 is 0. The summed E-state index contributed by atoms with van der Waals surface area (Å²) in [5, 5.41) is 11.5. The van der Waals surface area contributed by atoms with Gasteiger partial charge in [-0.1, -0.05) is 12.1 Å². The zero-order chi connectivity index (χ0) is 18.8. The Labute approximate surface area is 152 Å². The van der Waals surface area contributed by atoms with Crippen molar-refractivity contribution in [2.75, 3.05) is 13.2 Å². The molecule has 2 N–H and O–H groups in total. The van der Waals surface area contributed by atoms with Gasteiger partial charge in [-0.05, 0) is 46.2 Å². The van der Waals surface area contributed by atoms with Gasteiger partial charge in [0.15, 0.2) is 0 Å². The molecule has 6 nitrogen and oxygen atoms in total. The minimum Gasteiger partial charge on any atom is -0.490 e. The van der Waals surface area contributed by atoms with Crippen LogP contribution in [-0.2, 0) is 9.47 Å². The van der Waals surface area contributed by atoms with E-state index in [1.54, 1.807) is 6.92 Å². The van der Waals surface area contributed by atoms with Gasteiger partial charge in [-0.3, -0.25) is 0 Å². The second-order valence-electron chi connectivity index (χ2n) is 7.60. The lowest BCUT2D eigenvalue weighted by Gasteiger charge is -2.35. The van der Waals surface area contributed by atoms with E-state index in [1.165, 1.54) is 0 Å². The Hall–Kier alpha value is -1.57. The Morgan fingerprint density at radius 2 is 2.08 bits per heavy atom. The molecule has 3 atom stereocenters. The Bertz CT molecular complexity index is 621. The van der Waals surface area contributed by atoms with E-state index >= 15 is 0 Å². The predicted molar refractivity (Wildman–Crippen MR) is 94.9 cm³/mol. The van der Waals surface area contributed by atoms with E-state index in [-0.39, 0.29) is 13.2 Å². The predicted octanol–water partition coefficient (Wildman–Crippen LogP) is 2.22. The number of alkyl carbamates (subject to hydrolysis) is 1. The molecule has 1 aromatic rings. The van der Waals surface area contributed by atoms with E-state index < -0.39 is 29.1 Å². The van der Waals surface area contributed by atoms with Gasteiger partial charge in [0.25, 0.3) is 0 Å². The summed E-state index contributed by atoms with van der Waals surface area (Å²) in [6.07, 6.45) is -0.977. The Balaban J connectivity index is 2.21. The van der Waals surface area contributed by atoms with Crippen molar-refractivity contribution in [2.24, 2.45) is 0 Å². The van der Waals surface area contributed by atoms with Crippen LogP contribution in [0.1, 0.15) is 44.9 Å². The van der Waals surface area contributed by atoms with Crippen LogP contribution in [-0.4, -0.2) is 51.6 Å². The molecular weight excluding hydrogens is 338 g/mol. The highest BCUT2D eigenvalue weighted by Gasteiger charge is 2.35. The van der Waals surface area contributed by atoms with Crippen molar-refractivity contribution in [3.05, 3.63) is 29.3 Å². The minimum absolute atomic E-state index is 0.0472. The van der Waals surface area contributed by atoms with E-state index in [0.717, 1.165) is 11.1 Å². The van der Waals surface area contributed by atoms with Crippen LogP contribution in [0.3, 0.4) is 0 Å². The number of hydrogen-bond acceptors (Lipinski definition) is 5. The number of carbonyl (C=O) groups excluding carboxylic acids is 1. The van der Waals surface area contributed by atoms with Gasteiger partial charge in [0, 0.05) is 5.56 Å². The quantitative estimate of drug-likeness (QED) is 0.801. The fourth-order valence-corrected chi connectivity index (χ4v) is 2.59. The van der Waals surface area contributed by atoms with E-state index in [0.29, 0.717) is 5.75 Å². The maximum absolute atomic E-state index is 12.3. The molecule has 0 saturated heterocycles. The number of ether oxygens (including phenoxy) is 3. The summed E-state index contributed by atoms with van der Waals surface area (Å²) in [6, 6.07) is 5.35. The average Bonchev–Trinajstić information content (AvgIpc) is 2.43. The smallest absolute Gasteiger partial charge is 0.408 e. The molecule has 1 heterocycles. The van der Waals surface area contributed by atoms with Gasteiger partial charge in [-0.15, -0.1) is 0 Å². The van der Waals surface area contributed by atoms with Gasteiger partial charge < -0.3 is 24.6 Å². The lowest BCUT2D eigenvalue weighted by molar-refractivity contribution is -0.0604. The molecule has 0 fully saturated rings. The number of amides is 1. The van der Waals surface area contributed by atoms with Crippen molar-refractivity contribution in [1.29, 1.82) is 0 Å². The van der Waals surface area contributed by atoms with Crippen molar-refractivity contribution < 1.29 is 24.1 Å². The fourth-order valence-electron chi connectivity index (χ4n) is 2.51. The lowest BCUT2D eigenvalue weighted by Crippen LogP contribution is -2.46. The van der Waals surface area contributed by atoms with Gasteiger partial charge in [-0.2, -0.15) is 0 Å². The molecule has 1 aromatic carbocycles. The molecule has 7 heteroatoms. The van der Waals surface area contributed by atoms with Gasteiger partial charge in [0.2, 0.25) is 0 Å². The number of rotatable bonds is 4. The average molecular weight is 364 g/mol. The Morgan fingerprint density at radius 3 is 2.68 bits per heavy atom. The highest BCUT2D eigenvalue weighted by Crippen LogP contribution is 2.34. The van der Waals surface area contributed by atoms with Gasteiger partial charge in [0.05, 0.1) is 28.1 Å². The maximum atomic E-state index is 12.3. The minimum atomic E-state index is -1.16. The van der Waals surface area contributed by atoms with Gasteiger partial charge in [0.1, 0.15) is 24.1 Å². The first-order valence-electron chi connectivity index (χ1n) is 8.26. The van der Waals surface area contributed by atoms with E-state index in [4.69, 9.17) is 14.2 Å². The normalized spacial score (nSPS) is 22.4. The highest BCUT2D eigenvalue weighted by molar-refractivity contribution is 6.14. The third kappa shape index (κ3) is 6.02. The third-order valence-corrected chi connectivity index (χ3v) is 3.67. The lowest BCUT2D eigenvalue weighted by atomic mass is 9.97. The number of aliphatic hydroxyl groups is 1. The van der Waals surface area contributed by atoms with Crippen LogP contribution >= 0.6 is 0 Å². The summed E-state index contributed by atoms with van der Waals surface area (Å²) in [4.78, 5) is 12.3. The third-order valence-electron chi connectivity index (χ3n) is 3.53. The summed E-state index contributed by atoms with van der Waals surface area (Å²) in [7, 11) is 3.19. The molecule has 1 aliphatic heterocycles. The molecule has 1 aliphatic rings. The first kappa shape index (κ1) is 19.7. The Kier molecular flexibility index (Phi) is 5.81. The van der Waals surface area contributed by atoms with Crippen LogP contribution in [0, 0.1) is 6.92 Å². The summed E-state index contributed by atoms with van der Waals surface area (Å²) < 4.78 is 16.9. The van der Waals surface area contributed by atoms with Crippen molar-refractivity contribution >= 4 is 16.3 Å². The number of hydrogen-bond donors (Lipinski definition) is 2. The van der Waals surface area contributed by atoms with Gasteiger partial charge in [-0.25, -0.2) is 4.79 Å². The zero-order valence-electron chi connectivity index (χ0n) is 15.4. The molecule has 0 spiro atoms. The van der Waals surface area contributed by atoms with Crippen LogP contribution in [0.5, 0.6) is 5.75 Å². The van der Waals surface area contributed by atoms with E-state index in [9.17, 15) is 9.90 Å². The van der Waals surface area contributed by atoms with Crippen molar-refractivity contribution in [3.8, 4) is 5.75 Å². The summed E-state index contributed by atoms with van der Waals surface area (Å²) in [5.74, 6) is 0.714. The maximum Gasteiger partial charge on any atom is 0.408 e. The standard InChI is InChI=1S/C18H26NO5Si/c1-11-6-7-12-13(8-11)22-9-14(23-10-18(5,21)25)15(12)19-16(20)24-17(2,3)4/h6-8,14-15,21H,9-10H2,1-5H3,(H,19,20)/t14-,15?,18-/m0/s1.